The molecular formula is C14H18N2. The standard InChI is InChI=1S/C14H18N2/c1-3-13(11-15-9-1)12-4-7-14(8-5-12)6-2-10-16-14/h1,3-4,9,11,16H,2,5-8,10H2. The second-order valence-electron chi connectivity index (χ2n) is 4.99. The number of aromatic nitrogens is 1. The van der Waals surface area contributed by atoms with Crippen LogP contribution in [0.15, 0.2) is 30.6 Å². The summed E-state index contributed by atoms with van der Waals surface area (Å²) < 4.78 is 0. The number of nitrogens with one attached hydrogen (secondary N) is 1. The Labute approximate surface area is 96.8 Å². The Bertz CT molecular complexity index is 388. The highest BCUT2D eigenvalue weighted by Gasteiger charge is 2.34. The minimum atomic E-state index is 0.436. The molecule has 16 heavy (non-hydrogen) atoms. The van der Waals surface area contributed by atoms with E-state index < -0.39 is 0 Å². The quantitative estimate of drug-likeness (QED) is 0.777. The first-order valence-electron chi connectivity index (χ1n) is 6.23. The fourth-order valence-corrected chi connectivity index (χ4v) is 2.97. The molecule has 1 spiro atoms. The lowest BCUT2D eigenvalue weighted by atomic mass is 9.80. The van der Waals surface area contributed by atoms with Gasteiger partial charge in [0.2, 0.25) is 0 Å². The van der Waals surface area contributed by atoms with E-state index >= 15 is 0 Å². The zero-order valence-electron chi connectivity index (χ0n) is 9.58. The zero-order valence-corrected chi connectivity index (χ0v) is 9.58. The third kappa shape index (κ3) is 1.78. The summed E-state index contributed by atoms with van der Waals surface area (Å²) in [5.41, 5.74) is 3.22. The van der Waals surface area contributed by atoms with Gasteiger partial charge in [-0.2, -0.15) is 0 Å². The molecule has 1 aromatic rings. The largest absolute Gasteiger partial charge is 0.311 e. The van der Waals surface area contributed by atoms with Gasteiger partial charge in [0.05, 0.1) is 0 Å². The van der Waals surface area contributed by atoms with Crippen molar-refractivity contribution in [1.82, 2.24) is 10.3 Å². The molecule has 2 heteroatoms. The van der Waals surface area contributed by atoms with E-state index in [2.05, 4.69) is 22.4 Å². The van der Waals surface area contributed by atoms with Gasteiger partial charge < -0.3 is 5.32 Å². The summed E-state index contributed by atoms with van der Waals surface area (Å²) in [7, 11) is 0. The predicted molar refractivity (Wildman–Crippen MR) is 66.0 cm³/mol. The van der Waals surface area contributed by atoms with Gasteiger partial charge in [-0.15, -0.1) is 0 Å². The van der Waals surface area contributed by atoms with E-state index in [-0.39, 0.29) is 0 Å². The van der Waals surface area contributed by atoms with Gasteiger partial charge in [-0.25, -0.2) is 0 Å². The minimum absolute atomic E-state index is 0.436. The Morgan fingerprint density at radius 2 is 2.31 bits per heavy atom. The molecule has 1 atom stereocenters. The fraction of sp³-hybridized carbons (Fsp3) is 0.500. The van der Waals surface area contributed by atoms with Crippen LogP contribution >= 0.6 is 0 Å². The van der Waals surface area contributed by atoms with Crippen molar-refractivity contribution in [2.24, 2.45) is 0 Å². The van der Waals surface area contributed by atoms with Crippen LogP contribution in [-0.2, 0) is 0 Å². The maximum absolute atomic E-state index is 4.19. The van der Waals surface area contributed by atoms with Gasteiger partial charge in [0.25, 0.3) is 0 Å². The van der Waals surface area contributed by atoms with Gasteiger partial charge in [-0.1, -0.05) is 12.1 Å². The first-order chi connectivity index (χ1) is 7.88. The maximum atomic E-state index is 4.19. The second kappa shape index (κ2) is 4.02. The molecule has 1 unspecified atom stereocenters. The Kier molecular flexibility index (Phi) is 2.52. The van der Waals surface area contributed by atoms with Gasteiger partial charge in [0.15, 0.2) is 0 Å². The van der Waals surface area contributed by atoms with Crippen molar-refractivity contribution in [3.8, 4) is 0 Å². The van der Waals surface area contributed by atoms with Crippen molar-refractivity contribution in [3.63, 3.8) is 0 Å². The molecule has 1 aromatic heterocycles. The van der Waals surface area contributed by atoms with E-state index in [0.717, 1.165) is 0 Å². The number of rotatable bonds is 1. The molecular weight excluding hydrogens is 196 g/mol. The van der Waals surface area contributed by atoms with Crippen LogP contribution in [0.25, 0.3) is 5.57 Å². The summed E-state index contributed by atoms with van der Waals surface area (Å²) in [4.78, 5) is 4.19. The van der Waals surface area contributed by atoms with Gasteiger partial charge in [0, 0.05) is 17.9 Å². The minimum Gasteiger partial charge on any atom is -0.311 e. The molecule has 0 amide bonds. The van der Waals surface area contributed by atoms with Crippen molar-refractivity contribution in [2.75, 3.05) is 6.54 Å². The number of nitrogens with zero attached hydrogens (tertiary/aromatic N) is 1. The van der Waals surface area contributed by atoms with Crippen LogP contribution in [0.1, 0.15) is 37.7 Å². The summed E-state index contributed by atoms with van der Waals surface area (Å²) in [6, 6.07) is 4.19. The van der Waals surface area contributed by atoms with Crippen LogP contribution < -0.4 is 5.32 Å². The molecule has 0 aromatic carbocycles. The molecule has 1 N–H and O–H groups in total. The topological polar surface area (TPSA) is 24.9 Å². The van der Waals surface area contributed by atoms with Crippen LogP contribution in [-0.4, -0.2) is 17.1 Å². The number of hydrogen-bond donors (Lipinski definition) is 1. The van der Waals surface area contributed by atoms with Crippen LogP contribution in [0.4, 0.5) is 0 Å². The zero-order chi connectivity index (χ0) is 10.8. The molecule has 2 heterocycles. The van der Waals surface area contributed by atoms with E-state index in [4.69, 9.17) is 0 Å². The molecule has 2 nitrogen and oxygen atoms in total. The normalized spacial score (nSPS) is 29.4. The van der Waals surface area contributed by atoms with E-state index in [1.165, 1.54) is 49.8 Å². The third-order valence-electron chi connectivity index (χ3n) is 3.98. The summed E-state index contributed by atoms with van der Waals surface area (Å²) in [5.74, 6) is 0. The van der Waals surface area contributed by atoms with Crippen molar-refractivity contribution in [1.29, 1.82) is 0 Å². The van der Waals surface area contributed by atoms with Crippen molar-refractivity contribution >= 4 is 5.57 Å². The van der Waals surface area contributed by atoms with Gasteiger partial charge in [-0.3, -0.25) is 4.98 Å². The highest BCUT2D eigenvalue weighted by molar-refractivity contribution is 5.65. The van der Waals surface area contributed by atoms with Gasteiger partial charge in [0.1, 0.15) is 0 Å². The van der Waals surface area contributed by atoms with E-state index in [1.54, 1.807) is 0 Å². The Morgan fingerprint density at radius 1 is 1.31 bits per heavy atom. The van der Waals surface area contributed by atoms with Crippen molar-refractivity contribution < 1.29 is 0 Å². The lowest BCUT2D eigenvalue weighted by molar-refractivity contribution is 0.347. The van der Waals surface area contributed by atoms with Crippen LogP contribution in [0.5, 0.6) is 0 Å². The van der Waals surface area contributed by atoms with Gasteiger partial charge >= 0.3 is 0 Å². The molecule has 1 aliphatic carbocycles. The number of allylic oxidation sites excluding steroid dienone is 1. The molecule has 0 bridgehead atoms. The maximum Gasteiger partial charge on any atom is 0.0342 e. The molecule has 2 aliphatic rings. The third-order valence-corrected chi connectivity index (χ3v) is 3.98. The summed E-state index contributed by atoms with van der Waals surface area (Å²) in [5, 5.41) is 3.68. The fourth-order valence-electron chi connectivity index (χ4n) is 2.97. The van der Waals surface area contributed by atoms with Crippen molar-refractivity contribution in [2.45, 2.75) is 37.6 Å². The van der Waals surface area contributed by atoms with Crippen LogP contribution in [0.2, 0.25) is 0 Å². The average molecular weight is 214 g/mol. The Balaban J connectivity index is 1.79. The van der Waals surface area contributed by atoms with E-state index in [9.17, 15) is 0 Å². The Hall–Kier alpha value is -1.15. The second-order valence-corrected chi connectivity index (χ2v) is 4.99. The van der Waals surface area contributed by atoms with E-state index in [1.807, 2.05) is 18.5 Å². The molecule has 1 aliphatic heterocycles. The first kappa shape index (κ1) is 10.0. The highest BCUT2D eigenvalue weighted by Crippen LogP contribution is 2.37. The number of pyridine rings is 1. The lowest BCUT2D eigenvalue weighted by Gasteiger charge is -2.33. The van der Waals surface area contributed by atoms with Crippen LogP contribution in [0, 0.1) is 0 Å². The molecule has 0 radical (unpaired) electrons. The smallest absolute Gasteiger partial charge is 0.0342 e. The molecule has 1 fully saturated rings. The highest BCUT2D eigenvalue weighted by atomic mass is 15.0. The molecule has 0 saturated carbocycles. The predicted octanol–water partition coefficient (Wildman–Crippen LogP) is 2.77. The SMILES string of the molecule is C1=C(c2cccnc2)CCC2(C1)CCCN2. The van der Waals surface area contributed by atoms with Crippen LogP contribution in [0.3, 0.4) is 0 Å². The molecule has 84 valence electrons. The average Bonchev–Trinajstić information content (AvgIpc) is 2.80. The summed E-state index contributed by atoms with van der Waals surface area (Å²) >= 11 is 0. The summed E-state index contributed by atoms with van der Waals surface area (Å²) in [6.45, 7) is 1.20. The number of hydrogen-bond acceptors (Lipinski definition) is 2. The van der Waals surface area contributed by atoms with E-state index in [0.29, 0.717) is 5.54 Å². The Morgan fingerprint density at radius 3 is 2.94 bits per heavy atom. The molecule has 1 saturated heterocycles. The lowest BCUT2D eigenvalue weighted by Crippen LogP contribution is -2.40. The molecule has 3 rings (SSSR count). The first-order valence-corrected chi connectivity index (χ1v) is 6.23. The summed E-state index contributed by atoms with van der Waals surface area (Å²) in [6.07, 6.45) is 12.6. The monoisotopic (exact) mass is 214 g/mol. The van der Waals surface area contributed by atoms with Gasteiger partial charge in [-0.05, 0) is 55.9 Å². The van der Waals surface area contributed by atoms with Crippen molar-refractivity contribution in [3.05, 3.63) is 36.2 Å².